The van der Waals surface area contributed by atoms with Crippen molar-refractivity contribution in [1.29, 1.82) is 0 Å². The Bertz CT molecular complexity index is 738. The Morgan fingerprint density at radius 2 is 1.87 bits per heavy atom. The molecule has 0 spiro atoms. The largest absolute Gasteiger partial charge is 0.480 e. The standard InChI is InChI=1S/C15H14Cl2N2O4/c1-7-13(23-8(2)18-7)14(20)19-12(15(21)22)5-9-3-10(16)6-11(17)4-9/h3-4,6,12H,5H2,1-2H3,(H,19,20)(H,21,22). The summed E-state index contributed by atoms with van der Waals surface area (Å²) in [6.45, 7) is 3.21. The average Bonchev–Trinajstić information content (AvgIpc) is 2.75. The van der Waals surface area contributed by atoms with Crippen LogP contribution in [-0.2, 0) is 11.2 Å². The molecule has 122 valence electrons. The lowest BCUT2D eigenvalue weighted by molar-refractivity contribution is -0.139. The number of oxazole rings is 1. The molecule has 1 heterocycles. The van der Waals surface area contributed by atoms with Gasteiger partial charge in [0.05, 0.1) is 5.69 Å². The number of nitrogens with one attached hydrogen (secondary N) is 1. The first-order valence-electron chi connectivity index (χ1n) is 6.69. The number of aromatic nitrogens is 1. The summed E-state index contributed by atoms with van der Waals surface area (Å²) in [7, 11) is 0. The van der Waals surface area contributed by atoms with Crippen molar-refractivity contribution in [2.45, 2.75) is 26.3 Å². The molecule has 1 amide bonds. The van der Waals surface area contributed by atoms with Crippen LogP contribution in [0.5, 0.6) is 0 Å². The zero-order chi connectivity index (χ0) is 17.1. The first-order valence-corrected chi connectivity index (χ1v) is 7.44. The number of aliphatic carboxylic acids is 1. The highest BCUT2D eigenvalue weighted by Crippen LogP contribution is 2.20. The van der Waals surface area contributed by atoms with Crippen LogP contribution in [0.15, 0.2) is 22.6 Å². The van der Waals surface area contributed by atoms with Gasteiger partial charge >= 0.3 is 5.97 Å². The Kier molecular flexibility index (Phi) is 5.28. The third kappa shape index (κ3) is 4.46. The fourth-order valence-corrected chi connectivity index (χ4v) is 2.70. The molecule has 0 aliphatic carbocycles. The van der Waals surface area contributed by atoms with E-state index in [1.165, 1.54) is 0 Å². The molecule has 23 heavy (non-hydrogen) atoms. The molecular formula is C15H14Cl2N2O4. The smallest absolute Gasteiger partial charge is 0.326 e. The quantitative estimate of drug-likeness (QED) is 0.858. The minimum atomic E-state index is -1.18. The maximum absolute atomic E-state index is 12.2. The van der Waals surface area contributed by atoms with Crippen LogP contribution in [0, 0.1) is 13.8 Å². The molecule has 2 rings (SSSR count). The fourth-order valence-electron chi connectivity index (χ4n) is 2.13. The summed E-state index contributed by atoms with van der Waals surface area (Å²) in [5.41, 5.74) is 0.996. The number of nitrogens with zero attached hydrogens (tertiary/aromatic N) is 1. The van der Waals surface area contributed by atoms with E-state index in [0.717, 1.165) is 0 Å². The minimum Gasteiger partial charge on any atom is -0.480 e. The molecule has 2 N–H and O–H groups in total. The van der Waals surface area contributed by atoms with Crippen LogP contribution in [0.3, 0.4) is 0 Å². The summed E-state index contributed by atoms with van der Waals surface area (Å²) in [6, 6.07) is 3.59. The van der Waals surface area contributed by atoms with Crippen molar-refractivity contribution in [2.24, 2.45) is 0 Å². The van der Waals surface area contributed by atoms with Crippen LogP contribution >= 0.6 is 23.2 Å². The van der Waals surface area contributed by atoms with Crippen LogP contribution in [0.1, 0.15) is 27.7 Å². The molecule has 0 radical (unpaired) electrons. The summed E-state index contributed by atoms with van der Waals surface area (Å²) < 4.78 is 5.19. The van der Waals surface area contributed by atoms with Crippen molar-refractivity contribution >= 4 is 35.1 Å². The zero-order valence-corrected chi connectivity index (χ0v) is 13.9. The maximum atomic E-state index is 12.2. The molecule has 0 saturated heterocycles. The van der Waals surface area contributed by atoms with Gasteiger partial charge in [-0.05, 0) is 30.7 Å². The van der Waals surface area contributed by atoms with Gasteiger partial charge in [-0.15, -0.1) is 0 Å². The second-order valence-corrected chi connectivity index (χ2v) is 5.87. The molecule has 1 aromatic carbocycles. The first-order chi connectivity index (χ1) is 10.8. The molecular weight excluding hydrogens is 343 g/mol. The Balaban J connectivity index is 2.17. The van der Waals surface area contributed by atoms with Gasteiger partial charge in [-0.25, -0.2) is 9.78 Å². The first kappa shape index (κ1) is 17.3. The van der Waals surface area contributed by atoms with E-state index in [1.807, 2.05) is 0 Å². The van der Waals surface area contributed by atoms with Gasteiger partial charge in [0.25, 0.3) is 5.91 Å². The van der Waals surface area contributed by atoms with Crippen LogP contribution in [0.2, 0.25) is 10.0 Å². The van der Waals surface area contributed by atoms with Crippen LogP contribution in [0.25, 0.3) is 0 Å². The van der Waals surface area contributed by atoms with E-state index in [-0.39, 0.29) is 12.2 Å². The van der Waals surface area contributed by atoms with Gasteiger partial charge in [-0.1, -0.05) is 23.2 Å². The summed E-state index contributed by atoms with van der Waals surface area (Å²) in [5.74, 6) is -1.48. The van der Waals surface area contributed by atoms with E-state index in [2.05, 4.69) is 10.3 Å². The van der Waals surface area contributed by atoms with Gasteiger partial charge in [0, 0.05) is 23.4 Å². The van der Waals surface area contributed by atoms with Crippen molar-refractivity contribution < 1.29 is 19.1 Å². The Hall–Kier alpha value is -2.05. The van der Waals surface area contributed by atoms with Crippen LogP contribution < -0.4 is 5.32 Å². The molecule has 8 heteroatoms. The second-order valence-electron chi connectivity index (χ2n) is 4.99. The lowest BCUT2D eigenvalue weighted by Gasteiger charge is -2.14. The number of hydrogen-bond acceptors (Lipinski definition) is 4. The van der Waals surface area contributed by atoms with Gasteiger partial charge in [0.2, 0.25) is 5.76 Å². The Morgan fingerprint density at radius 1 is 1.26 bits per heavy atom. The van der Waals surface area contributed by atoms with Crippen molar-refractivity contribution in [2.75, 3.05) is 0 Å². The molecule has 6 nitrogen and oxygen atoms in total. The molecule has 0 aliphatic heterocycles. The maximum Gasteiger partial charge on any atom is 0.326 e. The number of carboxylic acids is 1. The molecule has 0 fully saturated rings. The number of hydrogen-bond donors (Lipinski definition) is 2. The van der Waals surface area contributed by atoms with Crippen LogP contribution in [0.4, 0.5) is 0 Å². The van der Waals surface area contributed by atoms with Crippen molar-refractivity contribution in [3.63, 3.8) is 0 Å². The summed E-state index contributed by atoms with van der Waals surface area (Å²) in [4.78, 5) is 27.5. The van der Waals surface area contributed by atoms with E-state index >= 15 is 0 Å². The van der Waals surface area contributed by atoms with E-state index in [1.54, 1.807) is 32.0 Å². The van der Waals surface area contributed by atoms with Gasteiger partial charge < -0.3 is 14.8 Å². The predicted molar refractivity (Wildman–Crippen MR) is 85.0 cm³/mol. The van der Waals surface area contributed by atoms with E-state index in [4.69, 9.17) is 27.6 Å². The average molecular weight is 357 g/mol. The number of carboxylic acid groups (broad SMARTS) is 1. The number of carbonyl (C=O) groups excluding carboxylic acids is 1. The van der Waals surface area contributed by atoms with Gasteiger partial charge in [-0.3, -0.25) is 4.79 Å². The fraction of sp³-hybridized carbons (Fsp3) is 0.267. The molecule has 1 atom stereocenters. The highest BCUT2D eigenvalue weighted by atomic mass is 35.5. The third-order valence-corrected chi connectivity index (χ3v) is 3.51. The predicted octanol–water partition coefficient (Wildman–Crippen LogP) is 3.02. The summed E-state index contributed by atoms with van der Waals surface area (Å²) >= 11 is 11.8. The number of halogens is 2. The van der Waals surface area contributed by atoms with Gasteiger partial charge in [0.15, 0.2) is 5.89 Å². The minimum absolute atomic E-state index is 0.00197. The molecule has 0 saturated carbocycles. The lowest BCUT2D eigenvalue weighted by atomic mass is 10.1. The topological polar surface area (TPSA) is 92.4 Å². The number of rotatable bonds is 5. The monoisotopic (exact) mass is 356 g/mol. The van der Waals surface area contributed by atoms with Gasteiger partial charge in [0.1, 0.15) is 6.04 Å². The molecule has 1 unspecified atom stereocenters. The van der Waals surface area contributed by atoms with E-state index in [0.29, 0.717) is 27.2 Å². The lowest BCUT2D eigenvalue weighted by Crippen LogP contribution is -2.42. The number of aryl methyl sites for hydroxylation is 2. The molecule has 0 bridgehead atoms. The van der Waals surface area contributed by atoms with Crippen molar-refractivity contribution in [3.8, 4) is 0 Å². The second kappa shape index (κ2) is 7.02. The highest BCUT2D eigenvalue weighted by Gasteiger charge is 2.24. The Morgan fingerprint density at radius 3 is 2.35 bits per heavy atom. The highest BCUT2D eigenvalue weighted by molar-refractivity contribution is 6.34. The number of benzene rings is 1. The molecule has 0 aliphatic rings. The SMILES string of the molecule is Cc1nc(C)c(C(=O)NC(Cc2cc(Cl)cc(Cl)c2)C(=O)O)o1. The normalized spacial score (nSPS) is 12.0. The Labute approximate surface area is 142 Å². The van der Waals surface area contributed by atoms with Crippen molar-refractivity contribution in [3.05, 3.63) is 51.2 Å². The van der Waals surface area contributed by atoms with E-state index < -0.39 is 17.9 Å². The summed E-state index contributed by atoms with van der Waals surface area (Å²) in [5, 5.41) is 12.5. The number of amides is 1. The van der Waals surface area contributed by atoms with E-state index in [9.17, 15) is 14.7 Å². The zero-order valence-electron chi connectivity index (χ0n) is 12.4. The third-order valence-electron chi connectivity index (χ3n) is 3.08. The number of carbonyl (C=O) groups is 2. The molecule has 2 aromatic rings. The van der Waals surface area contributed by atoms with Crippen molar-refractivity contribution in [1.82, 2.24) is 10.3 Å². The summed E-state index contributed by atoms with van der Waals surface area (Å²) in [6.07, 6.45) is 0.0352. The van der Waals surface area contributed by atoms with Gasteiger partial charge in [-0.2, -0.15) is 0 Å². The molecule has 1 aromatic heterocycles. The van der Waals surface area contributed by atoms with Crippen LogP contribution in [-0.4, -0.2) is 28.0 Å².